The number of thioether (sulfide) groups is 1. The fourth-order valence-corrected chi connectivity index (χ4v) is 4.37. The maximum atomic E-state index is 12.8. The van der Waals surface area contributed by atoms with Crippen molar-refractivity contribution < 1.29 is 9.59 Å². The van der Waals surface area contributed by atoms with Gasteiger partial charge in [0.15, 0.2) is 5.78 Å². The van der Waals surface area contributed by atoms with Gasteiger partial charge in [0, 0.05) is 29.9 Å². The van der Waals surface area contributed by atoms with Crippen LogP contribution in [0.15, 0.2) is 47.0 Å². The fourth-order valence-electron chi connectivity index (χ4n) is 3.22. The van der Waals surface area contributed by atoms with Crippen molar-refractivity contribution in [3.63, 3.8) is 0 Å². The van der Waals surface area contributed by atoms with E-state index in [9.17, 15) is 9.59 Å². The van der Waals surface area contributed by atoms with E-state index in [1.54, 1.807) is 18.3 Å². The Morgan fingerprint density at radius 2 is 2.14 bits per heavy atom. The lowest BCUT2D eigenvalue weighted by Gasteiger charge is -2.39. The van der Waals surface area contributed by atoms with Gasteiger partial charge in [-0.25, -0.2) is 0 Å². The van der Waals surface area contributed by atoms with Crippen LogP contribution in [0, 0.1) is 11.3 Å². The number of nitrogens with two attached hydrogens (primary N) is 1. The Morgan fingerprint density at radius 1 is 1.39 bits per heavy atom. The first kappa shape index (κ1) is 20.2. The van der Waals surface area contributed by atoms with Crippen LogP contribution in [-0.2, 0) is 16.1 Å². The number of Topliss-reactive ketones (excluding diaryl/α,β-unsaturated/α-hetero) is 1. The molecule has 3 N–H and O–H groups in total. The molecule has 0 aliphatic carbocycles. The van der Waals surface area contributed by atoms with E-state index in [1.165, 1.54) is 11.8 Å². The molecule has 7 heteroatoms. The van der Waals surface area contributed by atoms with E-state index >= 15 is 0 Å². The molecule has 28 heavy (non-hydrogen) atoms. The van der Waals surface area contributed by atoms with Gasteiger partial charge in [-0.3, -0.25) is 9.59 Å². The van der Waals surface area contributed by atoms with Crippen LogP contribution in [0.4, 0.5) is 0 Å². The predicted octanol–water partition coefficient (Wildman–Crippen LogP) is 2.07. The van der Waals surface area contributed by atoms with Gasteiger partial charge in [0.2, 0.25) is 0 Å². The van der Waals surface area contributed by atoms with Gasteiger partial charge in [0.05, 0.1) is 23.2 Å². The van der Waals surface area contributed by atoms with E-state index < -0.39 is 12.1 Å². The molecule has 1 saturated heterocycles. The summed E-state index contributed by atoms with van der Waals surface area (Å²) >= 11 is 1.54. The molecule has 2 aliphatic rings. The number of ketones is 1. The summed E-state index contributed by atoms with van der Waals surface area (Å²) in [6, 6.07) is 8.37. The molecule has 6 nitrogen and oxygen atoms in total. The molecule has 3 rings (SSSR count). The van der Waals surface area contributed by atoms with Gasteiger partial charge in [-0.1, -0.05) is 25.5 Å². The lowest BCUT2D eigenvalue weighted by Crippen LogP contribution is -2.52. The Kier molecular flexibility index (Phi) is 6.55. The second-order valence-corrected chi connectivity index (χ2v) is 8.04. The third kappa shape index (κ3) is 4.46. The van der Waals surface area contributed by atoms with E-state index in [1.807, 2.05) is 23.1 Å². The van der Waals surface area contributed by atoms with Gasteiger partial charge in [-0.15, -0.1) is 11.8 Å². The van der Waals surface area contributed by atoms with Gasteiger partial charge in [-0.05, 0) is 30.2 Å². The van der Waals surface area contributed by atoms with Crippen molar-refractivity contribution in [2.24, 2.45) is 5.73 Å². The molecular formula is C21H24N4O2S. The summed E-state index contributed by atoms with van der Waals surface area (Å²) in [6.07, 6.45) is 5.50. The van der Waals surface area contributed by atoms with Gasteiger partial charge < -0.3 is 16.0 Å². The highest BCUT2D eigenvalue weighted by molar-refractivity contribution is 8.03. The highest BCUT2D eigenvalue weighted by Crippen LogP contribution is 2.35. The number of nitrogens with one attached hydrogen (secondary N) is 1. The van der Waals surface area contributed by atoms with E-state index in [0.29, 0.717) is 30.0 Å². The average Bonchev–Trinajstić information content (AvgIpc) is 2.71. The minimum Gasteiger partial charge on any atom is -0.358 e. The lowest BCUT2D eigenvalue weighted by atomic mass is 9.98. The summed E-state index contributed by atoms with van der Waals surface area (Å²) < 4.78 is 0. The number of unbranched alkanes of at least 4 members (excludes halogenated alkanes) is 1. The highest BCUT2D eigenvalue weighted by atomic mass is 32.2. The molecule has 0 spiro atoms. The minimum atomic E-state index is -0.510. The maximum absolute atomic E-state index is 12.8. The van der Waals surface area contributed by atoms with Crippen molar-refractivity contribution in [1.29, 1.82) is 5.26 Å². The van der Waals surface area contributed by atoms with Crippen LogP contribution >= 0.6 is 11.8 Å². The number of rotatable bonds is 6. The summed E-state index contributed by atoms with van der Waals surface area (Å²) in [6.45, 7) is 3.16. The second-order valence-electron chi connectivity index (χ2n) is 6.94. The monoisotopic (exact) mass is 396 g/mol. The van der Waals surface area contributed by atoms with E-state index in [0.717, 1.165) is 23.3 Å². The zero-order valence-electron chi connectivity index (χ0n) is 15.9. The molecule has 2 atom stereocenters. The van der Waals surface area contributed by atoms with Crippen molar-refractivity contribution >= 4 is 23.5 Å². The molecular weight excluding hydrogens is 372 g/mol. The third-order valence-electron chi connectivity index (χ3n) is 4.79. The van der Waals surface area contributed by atoms with Crippen LogP contribution in [0.5, 0.6) is 0 Å². The second kappa shape index (κ2) is 9.09. The SMILES string of the molecule is CCCCNC(=O)C1=CN(Cc2ccc(C#N)cc2)C2C(=O)[C@@H](N)CSC2=C1. The van der Waals surface area contributed by atoms with Crippen LogP contribution in [0.3, 0.4) is 0 Å². The summed E-state index contributed by atoms with van der Waals surface area (Å²) in [5, 5.41) is 11.9. The number of carbonyl (C=O) groups is 2. The van der Waals surface area contributed by atoms with E-state index in [-0.39, 0.29) is 11.7 Å². The van der Waals surface area contributed by atoms with Crippen molar-refractivity contribution in [2.75, 3.05) is 12.3 Å². The Balaban J connectivity index is 1.86. The molecule has 1 aromatic rings. The topological polar surface area (TPSA) is 99.2 Å². The molecule has 0 saturated carbocycles. The van der Waals surface area contributed by atoms with Gasteiger partial charge in [-0.2, -0.15) is 5.26 Å². The average molecular weight is 397 g/mol. The zero-order chi connectivity index (χ0) is 20.1. The van der Waals surface area contributed by atoms with Crippen molar-refractivity contribution in [1.82, 2.24) is 10.2 Å². The lowest BCUT2D eigenvalue weighted by molar-refractivity contribution is -0.123. The van der Waals surface area contributed by atoms with Crippen LogP contribution in [0.2, 0.25) is 0 Å². The predicted molar refractivity (Wildman–Crippen MR) is 110 cm³/mol. The number of nitriles is 1. The molecule has 1 aromatic carbocycles. The number of carbonyl (C=O) groups excluding carboxylic acids is 2. The summed E-state index contributed by atoms with van der Waals surface area (Å²) in [4.78, 5) is 28.1. The van der Waals surface area contributed by atoms with Gasteiger partial charge >= 0.3 is 0 Å². The molecule has 0 bridgehead atoms. The highest BCUT2D eigenvalue weighted by Gasteiger charge is 2.39. The molecule has 1 unspecified atom stereocenters. The molecule has 1 amide bonds. The molecule has 2 heterocycles. The number of hydrogen-bond acceptors (Lipinski definition) is 6. The molecule has 146 valence electrons. The molecule has 0 aromatic heterocycles. The normalized spacial score (nSPS) is 21.3. The summed E-state index contributed by atoms with van der Waals surface area (Å²) in [5.74, 6) is 0.365. The van der Waals surface area contributed by atoms with Gasteiger partial charge in [0.1, 0.15) is 6.04 Å². The van der Waals surface area contributed by atoms with Crippen LogP contribution < -0.4 is 11.1 Å². The van der Waals surface area contributed by atoms with Crippen molar-refractivity contribution in [3.8, 4) is 6.07 Å². The first-order valence-corrected chi connectivity index (χ1v) is 10.4. The Bertz CT molecular complexity index is 854. The molecule has 0 radical (unpaired) electrons. The number of fused-ring (bicyclic) bond motifs is 1. The first-order chi connectivity index (χ1) is 13.5. The fraction of sp³-hybridized carbons (Fsp3) is 0.381. The Labute approximate surface area is 169 Å². The number of hydrogen-bond donors (Lipinski definition) is 2. The number of nitrogens with zero attached hydrogens (tertiary/aromatic N) is 2. The van der Waals surface area contributed by atoms with Crippen LogP contribution in [0.25, 0.3) is 0 Å². The van der Waals surface area contributed by atoms with E-state index in [2.05, 4.69) is 18.3 Å². The minimum absolute atomic E-state index is 0.0275. The quantitative estimate of drug-likeness (QED) is 0.714. The van der Waals surface area contributed by atoms with Crippen LogP contribution in [0.1, 0.15) is 30.9 Å². The standard InChI is InChI=1S/C21H24N4O2S/c1-2-3-8-24-21(27)16-9-18-19(20(26)17(23)13-28-18)25(12-16)11-15-6-4-14(10-22)5-7-15/h4-7,9,12,17,19H,2-3,8,11,13,23H2,1H3,(H,24,27)/t17-,19?/m0/s1. The largest absolute Gasteiger partial charge is 0.358 e. The first-order valence-electron chi connectivity index (χ1n) is 9.42. The Hall–Kier alpha value is -2.56. The van der Waals surface area contributed by atoms with Crippen LogP contribution in [-0.4, -0.2) is 41.0 Å². The number of benzene rings is 1. The zero-order valence-corrected chi connectivity index (χ0v) is 16.7. The maximum Gasteiger partial charge on any atom is 0.252 e. The molecule has 2 aliphatic heterocycles. The number of amides is 1. The summed E-state index contributed by atoms with van der Waals surface area (Å²) in [7, 11) is 0. The van der Waals surface area contributed by atoms with Crippen molar-refractivity contribution in [3.05, 3.63) is 58.1 Å². The van der Waals surface area contributed by atoms with Crippen molar-refractivity contribution in [2.45, 2.75) is 38.4 Å². The third-order valence-corrected chi connectivity index (χ3v) is 5.99. The summed E-state index contributed by atoms with van der Waals surface area (Å²) in [5.41, 5.74) is 8.08. The van der Waals surface area contributed by atoms with Gasteiger partial charge in [0.25, 0.3) is 5.91 Å². The Morgan fingerprint density at radius 3 is 2.82 bits per heavy atom. The smallest absolute Gasteiger partial charge is 0.252 e. The van der Waals surface area contributed by atoms with E-state index in [4.69, 9.17) is 11.0 Å². The molecule has 1 fully saturated rings.